The summed E-state index contributed by atoms with van der Waals surface area (Å²) >= 11 is 0.784. The predicted molar refractivity (Wildman–Crippen MR) is 151 cm³/mol. The molecule has 6 N–H and O–H groups in total. The van der Waals surface area contributed by atoms with Crippen molar-refractivity contribution in [3.8, 4) is 0 Å². The van der Waals surface area contributed by atoms with Crippen LogP contribution in [0.15, 0.2) is 54.7 Å². The van der Waals surface area contributed by atoms with Crippen LogP contribution in [0.2, 0.25) is 0 Å². The van der Waals surface area contributed by atoms with Crippen molar-refractivity contribution in [3.63, 3.8) is 0 Å². The van der Waals surface area contributed by atoms with Crippen LogP contribution < -0.4 is 21.7 Å². The number of carbonyl (C=O) groups is 3. The molecule has 2 heterocycles. The minimum Gasteiger partial charge on any atom is -0.395 e. The maximum absolute atomic E-state index is 14.2. The molecule has 38 heavy (non-hydrogen) atoms. The van der Waals surface area contributed by atoms with Crippen LogP contribution in [0, 0.1) is 0 Å². The number of aryl methyl sites for hydroxylation is 1. The lowest BCUT2D eigenvalue weighted by molar-refractivity contribution is -0.124. The molecule has 0 saturated heterocycles. The number of carbonyl (C=O) groups excluding carboxylic acids is 3. The average molecular weight is 533 g/mol. The smallest absolute Gasteiger partial charge is 0.273 e. The highest BCUT2D eigenvalue weighted by Gasteiger charge is 2.38. The molecule has 0 bridgehead atoms. The summed E-state index contributed by atoms with van der Waals surface area (Å²) in [6.45, 7) is 7.88. The third-order valence-corrected chi connectivity index (χ3v) is 7.62. The first-order chi connectivity index (χ1) is 18.1. The van der Waals surface area contributed by atoms with Gasteiger partial charge < -0.3 is 21.8 Å². The van der Waals surface area contributed by atoms with E-state index in [1.165, 1.54) is 4.90 Å². The summed E-state index contributed by atoms with van der Waals surface area (Å²) in [7, 11) is 0. The Morgan fingerprint density at radius 1 is 1.11 bits per heavy atom. The Kier molecular flexibility index (Phi) is 7.54. The first kappa shape index (κ1) is 26.9. The molecule has 3 amide bonds. The second-order valence-corrected chi connectivity index (χ2v) is 10.5. The Morgan fingerprint density at radius 3 is 2.39 bits per heavy atom. The molecule has 0 aliphatic carbocycles. The number of H-pyrrole nitrogens is 1. The fourth-order valence-electron chi connectivity index (χ4n) is 4.22. The van der Waals surface area contributed by atoms with E-state index in [1.807, 2.05) is 76.2 Å². The van der Waals surface area contributed by atoms with Crippen molar-refractivity contribution >= 4 is 51.5 Å². The van der Waals surface area contributed by atoms with Crippen molar-refractivity contribution in [2.24, 2.45) is 5.73 Å². The predicted octanol–water partition coefficient (Wildman–Crippen LogP) is 4.56. The number of rotatable bonds is 9. The number of anilines is 2. The number of aromatic amines is 1. The molecule has 10 heteroatoms. The number of nitrogens with zero attached hydrogens (tertiary/aromatic N) is 2. The Bertz CT molecular complexity index is 1490. The number of primary amides is 1. The minimum absolute atomic E-state index is 0.0331. The maximum Gasteiger partial charge on any atom is 0.273 e. The third-order valence-electron chi connectivity index (χ3n) is 6.77. The van der Waals surface area contributed by atoms with Gasteiger partial charge in [0, 0.05) is 33.9 Å². The summed E-state index contributed by atoms with van der Waals surface area (Å²) in [6.07, 6.45) is 3.25. The van der Waals surface area contributed by atoms with Gasteiger partial charge in [-0.15, -0.1) is 0 Å². The summed E-state index contributed by atoms with van der Waals surface area (Å²) in [5, 5.41) is 3.92. The second-order valence-electron chi connectivity index (χ2n) is 9.75. The largest absolute Gasteiger partial charge is 0.395 e. The number of aromatic nitrogens is 2. The third kappa shape index (κ3) is 5.12. The summed E-state index contributed by atoms with van der Waals surface area (Å²) in [4.78, 5) is 44.8. The second kappa shape index (κ2) is 10.7. The number of nitrogens with two attached hydrogens (primary N) is 2. The molecule has 9 nitrogen and oxygen atoms in total. The van der Waals surface area contributed by atoms with E-state index >= 15 is 0 Å². The van der Waals surface area contributed by atoms with Gasteiger partial charge in [-0.2, -0.15) is 4.37 Å². The summed E-state index contributed by atoms with van der Waals surface area (Å²) < 4.78 is 4.02. The van der Waals surface area contributed by atoms with Gasteiger partial charge in [-0.25, -0.2) is 0 Å². The Balaban J connectivity index is 1.95. The topological polar surface area (TPSA) is 147 Å². The summed E-state index contributed by atoms with van der Waals surface area (Å²) in [5.41, 5.74) is 13.8. The van der Waals surface area contributed by atoms with Crippen molar-refractivity contribution in [2.45, 2.75) is 52.1 Å². The zero-order valence-corrected chi connectivity index (χ0v) is 22.7. The van der Waals surface area contributed by atoms with Crippen LogP contribution in [0.3, 0.4) is 0 Å². The lowest BCUT2D eigenvalue weighted by Gasteiger charge is -2.34. The first-order valence-electron chi connectivity index (χ1n) is 12.4. The number of fused-ring (bicyclic) bond motifs is 1. The molecule has 0 aliphatic rings. The van der Waals surface area contributed by atoms with Gasteiger partial charge >= 0.3 is 0 Å². The van der Waals surface area contributed by atoms with E-state index in [9.17, 15) is 14.4 Å². The SMILES string of the molecule is CCc1ccc(N(C(=O)c2snc(C(N)=O)c2N)[C@@H](C(=O)NC(C)(C)CC)c2c[nH]c3ccccc23)cc1. The monoisotopic (exact) mass is 532 g/mol. The number of nitrogens with one attached hydrogen (secondary N) is 2. The van der Waals surface area contributed by atoms with Crippen LogP contribution in [0.5, 0.6) is 0 Å². The number of nitrogen functional groups attached to an aromatic ring is 1. The molecule has 1 atom stereocenters. The number of amides is 3. The molecule has 0 unspecified atom stereocenters. The van der Waals surface area contributed by atoms with Crippen molar-refractivity contribution in [2.75, 3.05) is 10.6 Å². The van der Waals surface area contributed by atoms with E-state index in [0.717, 1.165) is 34.4 Å². The minimum atomic E-state index is -1.06. The molecule has 0 spiro atoms. The molecule has 4 aromatic rings. The first-order valence-corrected chi connectivity index (χ1v) is 13.2. The van der Waals surface area contributed by atoms with Crippen LogP contribution in [0.4, 0.5) is 11.4 Å². The van der Waals surface area contributed by atoms with Gasteiger partial charge in [-0.1, -0.05) is 44.2 Å². The van der Waals surface area contributed by atoms with Gasteiger partial charge in [0.15, 0.2) is 5.69 Å². The normalized spacial score (nSPS) is 12.3. The molecule has 0 radical (unpaired) electrons. The molecular formula is C28H32N6O3S. The summed E-state index contributed by atoms with van der Waals surface area (Å²) in [5.74, 6) is -1.74. The maximum atomic E-state index is 14.2. The van der Waals surface area contributed by atoms with Crippen molar-refractivity contribution in [1.29, 1.82) is 0 Å². The zero-order valence-electron chi connectivity index (χ0n) is 21.9. The lowest BCUT2D eigenvalue weighted by Crippen LogP contribution is -2.50. The molecule has 0 saturated carbocycles. The fraction of sp³-hybridized carbons (Fsp3) is 0.286. The average Bonchev–Trinajstić information content (AvgIpc) is 3.50. The standard InChI is InChI=1S/C28H32N6O3S/c1-5-16-11-13-17(14-12-16)34(27(37)24-21(29)22(25(30)35)33-38-24)23(26(36)32-28(3,4)6-2)19-15-31-20-10-8-7-9-18(19)20/h7-15,23,31H,5-6,29H2,1-4H3,(H2,30,35)(H,32,36)/t23-/m1/s1. The Morgan fingerprint density at radius 2 is 1.79 bits per heavy atom. The fourth-order valence-corrected chi connectivity index (χ4v) is 4.96. The number of para-hydroxylation sites is 1. The number of hydrogen-bond donors (Lipinski definition) is 4. The Labute approximate surface area is 225 Å². The van der Waals surface area contributed by atoms with Gasteiger partial charge in [0.25, 0.3) is 11.8 Å². The highest BCUT2D eigenvalue weighted by atomic mass is 32.1. The lowest BCUT2D eigenvalue weighted by atomic mass is 9.97. The molecule has 2 aromatic carbocycles. The van der Waals surface area contributed by atoms with E-state index < -0.39 is 23.4 Å². The van der Waals surface area contributed by atoms with Gasteiger partial charge in [0.1, 0.15) is 10.9 Å². The molecule has 198 valence electrons. The van der Waals surface area contributed by atoms with Crippen LogP contribution in [0.1, 0.15) is 71.4 Å². The van der Waals surface area contributed by atoms with Crippen LogP contribution >= 0.6 is 11.5 Å². The number of hydrogen-bond acceptors (Lipinski definition) is 6. The van der Waals surface area contributed by atoms with E-state index in [0.29, 0.717) is 17.7 Å². The van der Waals surface area contributed by atoms with Gasteiger partial charge in [0.2, 0.25) is 5.91 Å². The van der Waals surface area contributed by atoms with Crippen molar-refractivity contribution in [3.05, 3.63) is 76.4 Å². The molecule has 0 fully saturated rings. The molecule has 2 aromatic heterocycles. The number of benzene rings is 2. The molecular weight excluding hydrogens is 500 g/mol. The van der Waals surface area contributed by atoms with Gasteiger partial charge in [-0.05, 0) is 62.0 Å². The van der Waals surface area contributed by atoms with E-state index in [2.05, 4.69) is 14.7 Å². The highest BCUT2D eigenvalue weighted by Crippen LogP contribution is 2.36. The van der Waals surface area contributed by atoms with Gasteiger partial charge in [-0.3, -0.25) is 19.3 Å². The highest BCUT2D eigenvalue weighted by molar-refractivity contribution is 7.09. The van der Waals surface area contributed by atoms with Gasteiger partial charge in [0.05, 0.1) is 5.69 Å². The van der Waals surface area contributed by atoms with Crippen molar-refractivity contribution < 1.29 is 14.4 Å². The zero-order chi connectivity index (χ0) is 27.6. The van der Waals surface area contributed by atoms with Crippen LogP contribution in [-0.2, 0) is 11.2 Å². The Hall–Kier alpha value is -4.18. The van der Waals surface area contributed by atoms with Crippen molar-refractivity contribution in [1.82, 2.24) is 14.7 Å². The van der Waals surface area contributed by atoms with Crippen LogP contribution in [-0.4, -0.2) is 32.6 Å². The molecule has 0 aliphatic heterocycles. The van der Waals surface area contributed by atoms with E-state index in [1.54, 1.807) is 6.20 Å². The van der Waals surface area contributed by atoms with E-state index in [4.69, 9.17) is 11.5 Å². The van der Waals surface area contributed by atoms with E-state index in [-0.39, 0.29) is 22.2 Å². The van der Waals surface area contributed by atoms with Crippen LogP contribution in [0.25, 0.3) is 10.9 Å². The summed E-state index contributed by atoms with van der Waals surface area (Å²) in [6, 6.07) is 14.0. The quantitative estimate of drug-likeness (QED) is 0.249. The molecule has 4 rings (SSSR count).